The summed E-state index contributed by atoms with van der Waals surface area (Å²) in [4.78, 5) is 16.8. The number of likely N-dealkylation sites (tertiary alicyclic amines) is 1. The van der Waals surface area contributed by atoms with E-state index in [9.17, 15) is 9.90 Å². The van der Waals surface area contributed by atoms with E-state index in [1.54, 1.807) is 20.8 Å². The van der Waals surface area contributed by atoms with Gasteiger partial charge in [-0.3, -0.25) is 4.90 Å². The van der Waals surface area contributed by atoms with Crippen LogP contribution in [0.25, 0.3) is 10.4 Å². The van der Waals surface area contributed by atoms with Gasteiger partial charge in [-0.25, -0.2) is 4.79 Å². The molecule has 0 aliphatic carbocycles. The van der Waals surface area contributed by atoms with Crippen molar-refractivity contribution in [2.45, 2.75) is 51.0 Å². The van der Waals surface area contributed by atoms with Gasteiger partial charge in [0, 0.05) is 4.91 Å². The van der Waals surface area contributed by atoms with Crippen molar-refractivity contribution in [3.05, 3.63) is 46.3 Å². The van der Waals surface area contributed by atoms with Crippen molar-refractivity contribution >= 4 is 6.09 Å². The van der Waals surface area contributed by atoms with Gasteiger partial charge in [0.05, 0.1) is 24.7 Å². The van der Waals surface area contributed by atoms with Crippen molar-refractivity contribution in [2.24, 2.45) is 5.11 Å². The molecule has 0 saturated carbocycles. The predicted molar refractivity (Wildman–Crippen MR) is 85.7 cm³/mol. The number of nitrogens with zero attached hydrogens (tertiary/aromatic N) is 4. The van der Waals surface area contributed by atoms with Crippen molar-refractivity contribution < 1.29 is 14.6 Å². The monoisotopic (exact) mass is 318 g/mol. The van der Waals surface area contributed by atoms with E-state index in [0.717, 1.165) is 5.56 Å². The second-order valence-electron chi connectivity index (χ2n) is 6.63. The number of carbonyl (C=O) groups is 1. The van der Waals surface area contributed by atoms with Gasteiger partial charge in [-0.1, -0.05) is 35.4 Å². The molecule has 0 aromatic heterocycles. The molecule has 1 saturated heterocycles. The fourth-order valence-electron chi connectivity index (χ4n) is 2.67. The molecule has 1 aromatic carbocycles. The summed E-state index contributed by atoms with van der Waals surface area (Å²) in [6.45, 7) is 5.46. The molecule has 124 valence electrons. The van der Waals surface area contributed by atoms with Gasteiger partial charge < -0.3 is 9.84 Å². The van der Waals surface area contributed by atoms with Crippen LogP contribution in [0.5, 0.6) is 0 Å². The van der Waals surface area contributed by atoms with Gasteiger partial charge in [0.1, 0.15) is 5.60 Å². The van der Waals surface area contributed by atoms with Crippen LogP contribution >= 0.6 is 0 Å². The normalized spacial score (nSPS) is 24.7. The zero-order chi connectivity index (χ0) is 17.0. The van der Waals surface area contributed by atoms with E-state index < -0.39 is 23.8 Å². The lowest BCUT2D eigenvalue weighted by Crippen LogP contribution is -2.51. The van der Waals surface area contributed by atoms with Crippen LogP contribution in [0.1, 0.15) is 38.8 Å². The Morgan fingerprint density at radius 2 is 2.04 bits per heavy atom. The molecule has 0 unspecified atom stereocenters. The van der Waals surface area contributed by atoms with Crippen molar-refractivity contribution in [1.82, 2.24) is 4.90 Å². The SMILES string of the molecule is CC(C)(C)OC(=O)N1C[C@H](O)[C@@H](N=[N+]=[N-])C[C@@H]1c1ccccc1. The van der Waals surface area contributed by atoms with Gasteiger partial charge in [-0.2, -0.15) is 0 Å². The van der Waals surface area contributed by atoms with Crippen LogP contribution in [0.4, 0.5) is 4.79 Å². The number of benzene rings is 1. The first-order valence-electron chi connectivity index (χ1n) is 7.58. The molecule has 0 spiro atoms. The van der Waals surface area contributed by atoms with E-state index in [4.69, 9.17) is 10.3 Å². The zero-order valence-corrected chi connectivity index (χ0v) is 13.6. The summed E-state index contributed by atoms with van der Waals surface area (Å²) in [5, 5.41) is 13.8. The second-order valence-corrected chi connectivity index (χ2v) is 6.63. The highest BCUT2D eigenvalue weighted by Crippen LogP contribution is 2.33. The van der Waals surface area contributed by atoms with E-state index in [1.807, 2.05) is 30.3 Å². The number of hydrogen-bond donors (Lipinski definition) is 1. The maximum absolute atomic E-state index is 12.5. The molecule has 1 aliphatic heterocycles. The quantitative estimate of drug-likeness (QED) is 0.514. The highest BCUT2D eigenvalue weighted by molar-refractivity contribution is 5.69. The van der Waals surface area contributed by atoms with Gasteiger partial charge >= 0.3 is 6.09 Å². The molecule has 1 amide bonds. The highest BCUT2D eigenvalue weighted by Gasteiger charge is 2.39. The number of aliphatic hydroxyl groups excluding tert-OH is 1. The lowest BCUT2D eigenvalue weighted by Gasteiger charge is -2.41. The van der Waals surface area contributed by atoms with Crippen LogP contribution in [0.3, 0.4) is 0 Å². The molecule has 3 atom stereocenters. The standard InChI is InChI=1S/C16H22N4O3/c1-16(2,3)23-15(22)20-10-14(21)12(18-19-17)9-13(20)11-7-5-4-6-8-11/h4-8,12-14,21H,9-10H2,1-3H3/t12-,13+,14-/m0/s1. The third-order valence-electron chi connectivity index (χ3n) is 3.68. The zero-order valence-electron chi connectivity index (χ0n) is 13.6. The minimum absolute atomic E-state index is 0.0676. The summed E-state index contributed by atoms with van der Waals surface area (Å²) in [6.07, 6.45) is -1.03. The number of hydrogen-bond acceptors (Lipinski definition) is 4. The summed E-state index contributed by atoms with van der Waals surface area (Å²) in [5.74, 6) is 0. The summed E-state index contributed by atoms with van der Waals surface area (Å²) >= 11 is 0. The third kappa shape index (κ3) is 4.37. The van der Waals surface area contributed by atoms with Crippen LogP contribution < -0.4 is 0 Å². The van der Waals surface area contributed by atoms with Gasteiger partial charge in [0.2, 0.25) is 0 Å². The van der Waals surface area contributed by atoms with Crippen LogP contribution in [0.15, 0.2) is 35.4 Å². The van der Waals surface area contributed by atoms with Gasteiger partial charge in [-0.05, 0) is 38.3 Å². The van der Waals surface area contributed by atoms with E-state index in [1.165, 1.54) is 4.90 Å². The Hall–Kier alpha value is -2.24. The maximum atomic E-state index is 12.5. The first-order chi connectivity index (χ1) is 10.8. The Kier molecular flexibility index (Phi) is 5.13. The Morgan fingerprint density at radius 3 is 2.61 bits per heavy atom. The first kappa shape index (κ1) is 17.1. The van der Waals surface area contributed by atoms with E-state index in [0.29, 0.717) is 6.42 Å². The van der Waals surface area contributed by atoms with Crippen molar-refractivity contribution in [2.75, 3.05) is 6.54 Å². The molecule has 1 heterocycles. The third-order valence-corrected chi connectivity index (χ3v) is 3.68. The molecule has 1 aromatic rings. The number of aliphatic hydroxyl groups is 1. The summed E-state index contributed by atoms with van der Waals surface area (Å²) in [6, 6.07) is 8.62. The second kappa shape index (κ2) is 6.89. The number of azide groups is 1. The maximum Gasteiger partial charge on any atom is 0.410 e. The van der Waals surface area contributed by atoms with E-state index in [-0.39, 0.29) is 12.6 Å². The van der Waals surface area contributed by atoms with Crippen molar-refractivity contribution in [3.8, 4) is 0 Å². The lowest BCUT2D eigenvalue weighted by atomic mass is 9.91. The number of piperidine rings is 1. The number of ether oxygens (including phenoxy) is 1. The summed E-state index contributed by atoms with van der Waals surface area (Å²) in [5.41, 5.74) is 8.96. The molecule has 7 heteroatoms. The molecule has 1 aliphatic rings. The topological polar surface area (TPSA) is 98.5 Å². The molecule has 23 heavy (non-hydrogen) atoms. The molecular formula is C16H22N4O3. The number of β-amino-alcohol motifs (C(OH)–C–C–N with tert-alkyl or cyclic N) is 1. The van der Waals surface area contributed by atoms with Gasteiger partial charge in [0.25, 0.3) is 0 Å². The molecular weight excluding hydrogens is 296 g/mol. The lowest BCUT2D eigenvalue weighted by molar-refractivity contribution is -0.0192. The molecule has 2 rings (SSSR count). The number of carbonyl (C=O) groups excluding carboxylic acids is 1. The van der Waals surface area contributed by atoms with E-state index in [2.05, 4.69) is 10.0 Å². The number of rotatable bonds is 2. The molecule has 1 fully saturated rings. The Balaban J connectivity index is 2.30. The Bertz CT molecular complexity index is 593. The van der Waals surface area contributed by atoms with Crippen LogP contribution in [0.2, 0.25) is 0 Å². The predicted octanol–water partition coefficient (Wildman–Crippen LogP) is 3.41. The fourth-order valence-corrected chi connectivity index (χ4v) is 2.67. The minimum atomic E-state index is -0.904. The van der Waals surface area contributed by atoms with Crippen LogP contribution in [0, 0.1) is 0 Å². The molecule has 0 radical (unpaired) electrons. The number of amides is 1. The van der Waals surface area contributed by atoms with Crippen molar-refractivity contribution in [3.63, 3.8) is 0 Å². The Labute approximate surface area is 135 Å². The Morgan fingerprint density at radius 1 is 1.39 bits per heavy atom. The molecule has 0 bridgehead atoms. The van der Waals surface area contributed by atoms with Crippen LogP contribution in [-0.4, -0.2) is 40.4 Å². The molecule has 7 nitrogen and oxygen atoms in total. The minimum Gasteiger partial charge on any atom is -0.444 e. The summed E-state index contributed by atoms with van der Waals surface area (Å²) < 4.78 is 5.44. The fraction of sp³-hybridized carbons (Fsp3) is 0.562. The summed E-state index contributed by atoms with van der Waals surface area (Å²) in [7, 11) is 0. The average molecular weight is 318 g/mol. The van der Waals surface area contributed by atoms with Gasteiger partial charge in [0.15, 0.2) is 0 Å². The van der Waals surface area contributed by atoms with Gasteiger partial charge in [-0.15, -0.1) is 0 Å². The van der Waals surface area contributed by atoms with Crippen molar-refractivity contribution in [1.29, 1.82) is 0 Å². The highest BCUT2D eigenvalue weighted by atomic mass is 16.6. The molecule has 1 N–H and O–H groups in total. The van der Waals surface area contributed by atoms with Crippen LogP contribution in [-0.2, 0) is 4.74 Å². The largest absolute Gasteiger partial charge is 0.444 e. The first-order valence-corrected chi connectivity index (χ1v) is 7.58. The average Bonchev–Trinajstić information content (AvgIpc) is 2.48. The smallest absolute Gasteiger partial charge is 0.410 e. The van der Waals surface area contributed by atoms with E-state index >= 15 is 0 Å².